The molecule has 2 aromatic rings. The monoisotopic (exact) mass is 261 g/mol. The first kappa shape index (κ1) is 12.5. The number of methoxy groups -OCH3 is 1. The summed E-state index contributed by atoms with van der Waals surface area (Å²) < 4.78 is 5.18. The molecule has 2 rings (SSSR count). The molecule has 18 heavy (non-hydrogen) atoms. The molecule has 92 valence electrons. The Morgan fingerprint density at radius 1 is 1.22 bits per heavy atom. The lowest BCUT2D eigenvalue weighted by Gasteiger charge is -2.04. The normalized spacial score (nSPS) is 10.8. The number of nitrogens with zero attached hydrogens (tertiary/aromatic N) is 1. The van der Waals surface area contributed by atoms with Gasteiger partial charge in [-0.3, -0.25) is 4.99 Å². The van der Waals surface area contributed by atoms with Crippen LogP contribution in [0, 0.1) is 0 Å². The van der Waals surface area contributed by atoms with Gasteiger partial charge in [-0.05, 0) is 30.3 Å². The van der Waals surface area contributed by atoms with Crippen molar-refractivity contribution in [2.24, 2.45) is 4.99 Å². The summed E-state index contributed by atoms with van der Waals surface area (Å²) in [6.07, 6.45) is 1.57. The maximum absolute atomic E-state index is 9.62. The molecule has 0 saturated heterocycles. The molecule has 0 fully saturated rings. The number of phenolic OH excluding ortho intramolecular Hbond substituents is 1. The van der Waals surface area contributed by atoms with Crippen molar-refractivity contribution in [1.82, 2.24) is 0 Å². The highest BCUT2D eigenvalue weighted by molar-refractivity contribution is 6.30. The second-order valence-corrected chi connectivity index (χ2v) is 4.07. The van der Waals surface area contributed by atoms with E-state index in [4.69, 9.17) is 16.3 Å². The van der Waals surface area contributed by atoms with Gasteiger partial charge in [0, 0.05) is 16.8 Å². The number of hydrogen-bond donors (Lipinski definition) is 1. The molecular weight excluding hydrogens is 250 g/mol. The average molecular weight is 262 g/mol. The second-order valence-electron chi connectivity index (χ2n) is 3.63. The van der Waals surface area contributed by atoms with E-state index in [-0.39, 0.29) is 5.75 Å². The van der Waals surface area contributed by atoms with Gasteiger partial charge in [0.25, 0.3) is 0 Å². The molecule has 0 spiro atoms. The van der Waals surface area contributed by atoms with Crippen molar-refractivity contribution in [3.63, 3.8) is 0 Å². The highest BCUT2D eigenvalue weighted by Crippen LogP contribution is 2.30. The van der Waals surface area contributed by atoms with E-state index in [9.17, 15) is 5.11 Å². The van der Waals surface area contributed by atoms with Crippen LogP contribution in [0.25, 0.3) is 0 Å². The van der Waals surface area contributed by atoms with Crippen LogP contribution in [0.15, 0.2) is 47.5 Å². The Kier molecular flexibility index (Phi) is 3.85. The Labute approximate surface area is 110 Å². The Morgan fingerprint density at radius 3 is 2.72 bits per heavy atom. The average Bonchev–Trinajstić information content (AvgIpc) is 2.38. The van der Waals surface area contributed by atoms with Crippen LogP contribution in [0.5, 0.6) is 11.5 Å². The SMILES string of the molecule is COc1ccc(Cl)cc1N=Cc1ccccc1O. The standard InChI is InChI=1S/C14H12ClNO2/c1-18-14-7-6-11(15)8-12(14)16-9-10-4-2-3-5-13(10)17/h2-9,17H,1H3. The van der Waals surface area contributed by atoms with E-state index in [1.165, 1.54) is 0 Å². The Balaban J connectivity index is 2.34. The number of halogens is 1. The van der Waals surface area contributed by atoms with Crippen molar-refractivity contribution in [1.29, 1.82) is 0 Å². The summed E-state index contributed by atoms with van der Waals surface area (Å²) in [5.74, 6) is 0.813. The minimum absolute atomic E-state index is 0.183. The van der Waals surface area contributed by atoms with Crippen LogP contribution in [0.2, 0.25) is 5.02 Å². The van der Waals surface area contributed by atoms with Gasteiger partial charge in [0.05, 0.1) is 7.11 Å². The Bertz CT molecular complexity index is 582. The first-order valence-electron chi connectivity index (χ1n) is 5.36. The summed E-state index contributed by atoms with van der Waals surface area (Å²) in [5.41, 5.74) is 1.26. The lowest BCUT2D eigenvalue weighted by atomic mass is 10.2. The third-order valence-electron chi connectivity index (χ3n) is 2.42. The Morgan fingerprint density at radius 2 is 2.00 bits per heavy atom. The van der Waals surface area contributed by atoms with Crippen LogP contribution < -0.4 is 4.74 Å². The van der Waals surface area contributed by atoms with E-state index in [1.807, 2.05) is 6.07 Å². The predicted molar refractivity (Wildman–Crippen MR) is 73.4 cm³/mol. The second kappa shape index (κ2) is 5.56. The molecule has 0 aliphatic carbocycles. The molecule has 0 aliphatic heterocycles. The van der Waals surface area contributed by atoms with Crippen LogP contribution in [-0.2, 0) is 0 Å². The first-order chi connectivity index (χ1) is 8.70. The molecule has 0 aliphatic rings. The van der Waals surface area contributed by atoms with Gasteiger partial charge in [0.2, 0.25) is 0 Å². The predicted octanol–water partition coefficient (Wildman–Crippen LogP) is 3.80. The van der Waals surface area contributed by atoms with Crippen molar-refractivity contribution >= 4 is 23.5 Å². The maximum Gasteiger partial charge on any atom is 0.144 e. The van der Waals surface area contributed by atoms with E-state index in [1.54, 1.807) is 49.7 Å². The zero-order chi connectivity index (χ0) is 13.0. The summed E-state index contributed by atoms with van der Waals surface area (Å²) in [6, 6.07) is 12.2. The van der Waals surface area contributed by atoms with Crippen molar-refractivity contribution in [3.8, 4) is 11.5 Å². The molecule has 0 bridgehead atoms. The van der Waals surface area contributed by atoms with Gasteiger partial charge in [-0.2, -0.15) is 0 Å². The number of ether oxygens (including phenoxy) is 1. The van der Waals surface area contributed by atoms with E-state index in [2.05, 4.69) is 4.99 Å². The fourth-order valence-corrected chi connectivity index (χ4v) is 1.67. The van der Waals surface area contributed by atoms with Crippen molar-refractivity contribution in [2.75, 3.05) is 7.11 Å². The molecule has 0 saturated carbocycles. The molecule has 4 heteroatoms. The smallest absolute Gasteiger partial charge is 0.144 e. The topological polar surface area (TPSA) is 41.8 Å². The minimum Gasteiger partial charge on any atom is -0.507 e. The van der Waals surface area contributed by atoms with E-state index < -0.39 is 0 Å². The van der Waals surface area contributed by atoms with Crippen molar-refractivity contribution in [3.05, 3.63) is 53.1 Å². The van der Waals surface area contributed by atoms with Crippen LogP contribution in [0.3, 0.4) is 0 Å². The van der Waals surface area contributed by atoms with Gasteiger partial charge in [-0.15, -0.1) is 0 Å². The van der Waals surface area contributed by atoms with Gasteiger partial charge >= 0.3 is 0 Å². The fourth-order valence-electron chi connectivity index (χ4n) is 1.50. The highest BCUT2D eigenvalue weighted by atomic mass is 35.5. The third kappa shape index (κ3) is 2.81. The molecule has 0 unspecified atom stereocenters. The van der Waals surface area contributed by atoms with E-state index in [0.29, 0.717) is 22.0 Å². The number of aromatic hydroxyl groups is 1. The van der Waals surface area contributed by atoms with Gasteiger partial charge in [-0.1, -0.05) is 23.7 Å². The van der Waals surface area contributed by atoms with Crippen LogP contribution in [-0.4, -0.2) is 18.4 Å². The van der Waals surface area contributed by atoms with Crippen LogP contribution in [0.1, 0.15) is 5.56 Å². The Hall–Kier alpha value is -2.00. The summed E-state index contributed by atoms with van der Waals surface area (Å²) >= 11 is 5.91. The zero-order valence-corrected chi connectivity index (χ0v) is 10.6. The molecule has 2 aromatic carbocycles. The third-order valence-corrected chi connectivity index (χ3v) is 2.66. The molecule has 3 nitrogen and oxygen atoms in total. The number of aliphatic imine (C=N–C) groups is 1. The van der Waals surface area contributed by atoms with Gasteiger partial charge in [0.15, 0.2) is 0 Å². The molecule has 0 atom stereocenters. The maximum atomic E-state index is 9.62. The van der Waals surface area contributed by atoms with Crippen LogP contribution in [0.4, 0.5) is 5.69 Å². The van der Waals surface area contributed by atoms with Gasteiger partial charge in [-0.25, -0.2) is 0 Å². The van der Waals surface area contributed by atoms with Crippen molar-refractivity contribution in [2.45, 2.75) is 0 Å². The van der Waals surface area contributed by atoms with E-state index in [0.717, 1.165) is 0 Å². The number of para-hydroxylation sites is 1. The highest BCUT2D eigenvalue weighted by Gasteiger charge is 2.02. The molecular formula is C14H12ClNO2. The molecule has 0 radical (unpaired) electrons. The largest absolute Gasteiger partial charge is 0.507 e. The quantitative estimate of drug-likeness (QED) is 0.854. The van der Waals surface area contributed by atoms with Gasteiger partial charge in [0.1, 0.15) is 17.2 Å². The zero-order valence-electron chi connectivity index (χ0n) is 9.80. The molecule has 1 N–H and O–H groups in total. The molecule has 0 aromatic heterocycles. The number of rotatable bonds is 3. The first-order valence-corrected chi connectivity index (χ1v) is 5.74. The number of benzene rings is 2. The van der Waals surface area contributed by atoms with Crippen LogP contribution >= 0.6 is 11.6 Å². The molecule has 0 amide bonds. The summed E-state index contributed by atoms with van der Waals surface area (Å²) in [6.45, 7) is 0. The minimum atomic E-state index is 0.183. The van der Waals surface area contributed by atoms with Crippen molar-refractivity contribution < 1.29 is 9.84 Å². The summed E-state index contributed by atoms with van der Waals surface area (Å²) in [5, 5.41) is 10.2. The van der Waals surface area contributed by atoms with E-state index >= 15 is 0 Å². The number of hydrogen-bond acceptors (Lipinski definition) is 3. The summed E-state index contributed by atoms with van der Waals surface area (Å²) in [7, 11) is 1.57. The molecule has 0 heterocycles. The number of phenols is 1. The van der Waals surface area contributed by atoms with Gasteiger partial charge < -0.3 is 9.84 Å². The lowest BCUT2D eigenvalue weighted by molar-refractivity contribution is 0.416. The lowest BCUT2D eigenvalue weighted by Crippen LogP contribution is -1.85. The fraction of sp³-hybridized carbons (Fsp3) is 0.0714. The summed E-state index contributed by atoms with van der Waals surface area (Å²) in [4.78, 5) is 4.27.